The molecular weight excluding hydrogens is 590 g/mol. The van der Waals surface area contributed by atoms with Crippen LogP contribution in [0, 0.1) is 0 Å². The fourth-order valence-corrected chi connectivity index (χ4v) is 7.55. The molecule has 0 N–H and O–H groups in total. The van der Waals surface area contributed by atoms with E-state index in [1.54, 1.807) is 0 Å². The summed E-state index contributed by atoms with van der Waals surface area (Å²) in [6.45, 7) is 0. The van der Waals surface area contributed by atoms with Gasteiger partial charge >= 0.3 is 0 Å². The van der Waals surface area contributed by atoms with Gasteiger partial charge in [0, 0.05) is 32.7 Å². The fourth-order valence-electron chi connectivity index (χ4n) is 7.55. The summed E-state index contributed by atoms with van der Waals surface area (Å²) < 4.78 is 13.0. The third-order valence-corrected chi connectivity index (χ3v) is 9.67. The van der Waals surface area contributed by atoms with E-state index in [2.05, 4.69) is 66.7 Å². The number of fused-ring (bicyclic) bond motifs is 9. The van der Waals surface area contributed by atoms with Crippen molar-refractivity contribution < 1.29 is 8.83 Å². The van der Waals surface area contributed by atoms with Crippen molar-refractivity contribution >= 4 is 54.6 Å². The van der Waals surface area contributed by atoms with Gasteiger partial charge in [-0.1, -0.05) is 109 Å². The molecule has 0 fully saturated rings. The zero-order valence-electron chi connectivity index (χ0n) is 25.4. The molecule has 222 valence electrons. The van der Waals surface area contributed by atoms with E-state index in [1.807, 2.05) is 72.8 Å². The molecule has 0 radical (unpaired) electrons. The molecule has 0 saturated carbocycles. The van der Waals surface area contributed by atoms with E-state index in [-0.39, 0.29) is 0 Å². The molecule has 10 aromatic rings. The van der Waals surface area contributed by atoms with E-state index >= 15 is 0 Å². The Morgan fingerprint density at radius 2 is 0.979 bits per heavy atom. The summed E-state index contributed by atoms with van der Waals surface area (Å²) in [4.78, 5) is 15.3. The van der Waals surface area contributed by atoms with Gasteiger partial charge in [-0.15, -0.1) is 0 Å². The molecule has 0 unspecified atom stereocenters. The second-order valence-electron chi connectivity index (χ2n) is 12.3. The maximum atomic E-state index is 6.57. The van der Waals surface area contributed by atoms with Crippen LogP contribution in [0.15, 0.2) is 148 Å². The molecule has 3 heterocycles. The first-order chi connectivity index (χ1) is 23.8. The lowest BCUT2D eigenvalue weighted by atomic mass is 9.99. The summed E-state index contributed by atoms with van der Waals surface area (Å²) in [7, 11) is 0. The van der Waals surface area contributed by atoms with Gasteiger partial charge in [0.1, 0.15) is 22.3 Å². The molecule has 48 heavy (non-hydrogen) atoms. The lowest BCUT2D eigenvalue weighted by molar-refractivity contribution is 0.669. The molecule has 0 atom stereocenters. The van der Waals surface area contributed by atoms with Gasteiger partial charge in [0.2, 0.25) is 0 Å². The summed E-state index contributed by atoms with van der Waals surface area (Å²) in [5, 5.41) is 6.64. The van der Waals surface area contributed by atoms with Crippen molar-refractivity contribution in [3.63, 3.8) is 0 Å². The zero-order chi connectivity index (χ0) is 31.3. The van der Waals surface area contributed by atoms with Crippen LogP contribution in [0.1, 0.15) is 0 Å². The van der Waals surface area contributed by atoms with Crippen LogP contribution in [0.3, 0.4) is 0 Å². The Morgan fingerprint density at radius 1 is 0.354 bits per heavy atom. The third-order valence-electron chi connectivity index (χ3n) is 9.67. The predicted octanol–water partition coefficient (Wildman–Crippen LogP) is 11.5. The normalized spacial score (nSPS) is 12.2. The number of hydrogen-bond acceptors (Lipinski definition) is 5. The van der Waals surface area contributed by atoms with Crippen molar-refractivity contribution in [3.8, 4) is 56.4 Å². The van der Waals surface area contributed by atoms with E-state index in [4.69, 9.17) is 23.8 Å². The van der Waals surface area contributed by atoms with Crippen molar-refractivity contribution in [2.45, 2.75) is 0 Å². The van der Waals surface area contributed by atoms with Crippen LogP contribution in [-0.2, 0) is 0 Å². The molecule has 1 aliphatic rings. The molecule has 0 bridgehead atoms. The second-order valence-corrected chi connectivity index (χ2v) is 12.3. The minimum absolute atomic E-state index is 0.552. The Bertz CT molecular complexity index is 2950. The zero-order valence-corrected chi connectivity index (χ0v) is 25.4. The Hall–Kier alpha value is -6.59. The van der Waals surface area contributed by atoms with Gasteiger partial charge in [-0.25, -0.2) is 15.0 Å². The van der Waals surface area contributed by atoms with E-state index in [9.17, 15) is 0 Å². The van der Waals surface area contributed by atoms with E-state index < -0.39 is 0 Å². The summed E-state index contributed by atoms with van der Waals surface area (Å²) >= 11 is 0. The van der Waals surface area contributed by atoms with Gasteiger partial charge in [0.25, 0.3) is 0 Å². The number of furan rings is 2. The SMILES string of the molecule is c1ccc(-c2nc(-c3cccc4c3oc3ccccc34)nc(-c3cccc4oc5cc6c(cc5c34)-c3cccc4cccc-6c34)n2)cc1. The third kappa shape index (κ3) is 3.53. The number of rotatable bonds is 3. The Balaban J connectivity index is 1.18. The molecule has 7 aromatic carbocycles. The lowest BCUT2D eigenvalue weighted by Crippen LogP contribution is -2.00. The van der Waals surface area contributed by atoms with Crippen LogP contribution >= 0.6 is 0 Å². The van der Waals surface area contributed by atoms with Crippen molar-refractivity contribution in [1.82, 2.24) is 15.0 Å². The minimum Gasteiger partial charge on any atom is -0.456 e. The number of nitrogens with zero attached hydrogens (tertiary/aromatic N) is 3. The van der Waals surface area contributed by atoms with Crippen LogP contribution in [0.5, 0.6) is 0 Å². The first-order valence-corrected chi connectivity index (χ1v) is 16.0. The molecule has 0 spiro atoms. The quantitative estimate of drug-likeness (QED) is 0.198. The molecule has 11 rings (SSSR count). The summed E-state index contributed by atoms with van der Waals surface area (Å²) in [6, 6.07) is 47.9. The number of aromatic nitrogens is 3. The number of para-hydroxylation sites is 2. The second kappa shape index (κ2) is 9.47. The van der Waals surface area contributed by atoms with Crippen LogP contribution in [0.2, 0.25) is 0 Å². The Kier molecular flexibility index (Phi) is 5.05. The Morgan fingerprint density at radius 3 is 1.83 bits per heavy atom. The molecule has 0 aliphatic heterocycles. The maximum Gasteiger partial charge on any atom is 0.167 e. The Labute approximate surface area is 273 Å². The molecule has 5 heteroatoms. The number of benzene rings is 7. The molecule has 5 nitrogen and oxygen atoms in total. The van der Waals surface area contributed by atoms with Crippen LogP contribution in [0.25, 0.3) is 111 Å². The van der Waals surface area contributed by atoms with Crippen LogP contribution in [-0.4, -0.2) is 15.0 Å². The fraction of sp³-hybridized carbons (Fsp3) is 0. The first kappa shape index (κ1) is 25.6. The summed E-state index contributed by atoms with van der Waals surface area (Å²) in [6.07, 6.45) is 0. The highest BCUT2D eigenvalue weighted by Gasteiger charge is 2.25. The maximum absolute atomic E-state index is 6.57. The first-order valence-electron chi connectivity index (χ1n) is 16.0. The van der Waals surface area contributed by atoms with Crippen molar-refractivity contribution in [2.24, 2.45) is 0 Å². The lowest BCUT2D eigenvalue weighted by Gasteiger charge is -2.09. The highest BCUT2D eigenvalue weighted by atomic mass is 16.3. The van der Waals surface area contributed by atoms with Gasteiger partial charge in [0.15, 0.2) is 17.5 Å². The van der Waals surface area contributed by atoms with Crippen LogP contribution in [0.4, 0.5) is 0 Å². The smallest absolute Gasteiger partial charge is 0.167 e. The largest absolute Gasteiger partial charge is 0.456 e. The highest BCUT2D eigenvalue weighted by molar-refractivity contribution is 6.20. The molecular formula is C43H23N3O2. The molecule has 3 aromatic heterocycles. The van der Waals surface area contributed by atoms with E-state index in [1.165, 1.54) is 33.0 Å². The summed E-state index contributed by atoms with van der Waals surface area (Å²) in [5.41, 5.74) is 10.7. The van der Waals surface area contributed by atoms with Crippen molar-refractivity contribution in [1.29, 1.82) is 0 Å². The average molecular weight is 614 g/mol. The predicted molar refractivity (Wildman–Crippen MR) is 193 cm³/mol. The van der Waals surface area contributed by atoms with Gasteiger partial charge in [-0.3, -0.25) is 0 Å². The molecule has 1 aliphatic carbocycles. The van der Waals surface area contributed by atoms with Gasteiger partial charge in [0.05, 0.1) is 5.56 Å². The standard InChI is InChI=1S/C43H23N3O2/c1-2-10-25(11-3-1)41-44-42(46-43(45-41)31-19-8-17-29-26-14-4-5-20-35(26)48-40(29)31)30-18-9-21-36-39(30)34-22-32-27-15-6-12-24-13-7-16-28(38(24)27)33(32)23-37(34)47-36/h1-23H. The van der Waals surface area contributed by atoms with Gasteiger partial charge in [-0.2, -0.15) is 0 Å². The van der Waals surface area contributed by atoms with Crippen LogP contribution < -0.4 is 0 Å². The number of hydrogen-bond donors (Lipinski definition) is 0. The topological polar surface area (TPSA) is 65.0 Å². The summed E-state index contributed by atoms with van der Waals surface area (Å²) in [5.74, 6) is 1.72. The van der Waals surface area contributed by atoms with Gasteiger partial charge < -0.3 is 8.83 Å². The minimum atomic E-state index is 0.552. The monoisotopic (exact) mass is 613 g/mol. The van der Waals surface area contributed by atoms with E-state index in [0.717, 1.165) is 60.6 Å². The van der Waals surface area contributed by atoms with Crippen molar-refractivity contribution in [2.75, 3.05) is 0 Å². The highest BCUT2D eigenvalue weighted by Crippen LogP contribution is 2.50. The molecule has 0 amide bonds. The average Bonchev–Trinajstić information content (AvgIpc) is 3.81. The van der Waals surface area contributed by atoms with E-state index in [0.29, 0.717) is 17.5 Å². The van der Waals surface area contributed by atoms with Crippen molar-refractivity contribution in [3.05, 3.63) is 140 Å². The van der Waals surface area contributed by atoms with Gasteiger partial charge in [-0.05, 0) is 63.4 Å². The molecule has 0 saturated heterocycles.